The van der Waals surface area contributed by atoms with Crippen LogP contribution in [0.15, 0.2) is 133 Å². The molecule has 0 saturated heterocycles. The van der Waals surface area contributed by atoms with Crippen molar-refractivity contribution in [2.45, 2.75) is 46.5 Å². The quantitative estimate of drug-likeness (QED) is 0.181. The van der Waals surface area contributed by atoms with Gasteiger partial charge in [-0.2, -0.15) is 0 Å². The van der Waals surface area contributed by atoms with E-state index in [-0.39, 0.29) is 5.41 Å². The summed E-state index contributed by atoms with van der Waals surface area (Å²) < 4.78 is 2.35. The van der Waals surface area contributed by atoms with E-state index in [9.17, 15) is 0 Å². The van der Waals surface area contributed by atoms with Gasteiger partial charge in [0.05, 0.1) is 22.6 Å². The highest BCUT2D eigenvalue weighted by Crippen LogP contribution is 2.56. The van der Waals surface area contributed by atoms with Crippen LogP contribution in [0.5, 0.6) is 0 Å². The van der Waals surface area contributed by atoms with Gasteiger partial charge >= 0.3 is 0 Å². The molecule has 1 aliphatic carbocycles. The van der Waals surface area contributed by atoms with E-state index in [1.54, 1.807) is 0 Å². The Balaban J connectivity index is 1.46. The molecule has 0 radical (unpaired) electrons. The Morgan fingerprint density at radius 3 is 2.06 bits per heavy atom. The van der Waals surface area contributed by atoms with Crippen molar-refractivity contribution in [3.8, 4) is 22.3 Å². The first-order valence-corrected chi connectivity index (χ1v) is 17.9. The molecule has 0 atom stereocenters. The monoisotopic (exact) mass is 646 g/mol. The molecule has 0 fully saturated rings. The number of para-hydroxylation sites is 1. The van der Waals surface area contributed by atoms with Crippen molar-refractivity contribution < 1.29 is 0 Å². The van der Waals surface area contributed by atoms with E-state index in [0.29, 0.717) is 0 Å². The van der Waals surface area contributed by atoms with Crippen molar-refractivity contribution in [1.29, 1.82) is 0 Å². The molecule has 1 aliphatic rings. The van der Waals surface area contributed by atoms with Gasteiger partial charge in [0.1, 0.15) is 0 Å². The van der Waals surface area contributed by atoms with Gasteiger partial charge in [-0.25, -0.2) is 0 Å². The fourth-order valence-electron chi connectivity index (χ4n) is 8.89. The van der Waals surface area contributed by atoms with Crippen molar-refractivity contribution in [2.24, 2.45) is 7.05 Å². The number of hydrogen-bond acceptors (Lipinski definition) is 1. The summed E-state index contributed by atoms with van der Waals surface area (Å²) in [5, 5.41) is 5.09. The lowest BCUT2D eigenvalue weighted by Crippen LogP contribution is -2.18. The molecule has 0 aliphatic heterocycles. The molecule has 0 amide bonds. The molecule has 0 N–H and O–H groups in total. The standard InChI is InChI=1S/C48H42N2/c1-7-32-17-8-9-18-33(32)45-31(3)16-14-24-42(45)50(43-25-15-23-41-47(43)37-21-12-13-22-40(37)49(41)6)44-29-39-46(35-20-11-10-19-34(35)44)36-27-26-30(2)28-38(36)48(39,4)5/h8-29H,7H2,1-6H3. The normalized spacial score (nSPS) is 13.2. The van der Waals surface area contributed by atoms with Crippen molar-refractivity contribution in [3.63, 3.8) is 0 Å². The van der Waals surface area contributed by atoms with Gasteiger partial charge in [-0.05, 0) is 94.9 Å². The topological polar surface area (TPSA) is 8.17 Å². The zero-order chi connectivity index (χ0) is 34.3. The molecule has 1 aromatic heterocycles. The van der Waals surface area contributed by atoms with Crippen molar-refractivity contribution in [2.75, 3.05) is 4.90 Å². The minimum atomic E-state index is -0.156. The van der Waals surface area contributed by atoms with Gasteiger partial charge in [0, 0.05) is 39.7 Å². The lowest BCUT2D eigenvalue weighted by atomic mass is 9.81. The highest BCUT2D eigenvalue weighted by Gasteiger charge is 2.38. The van der Waals surface area contributed by atoms with Crippen molar-refractivity contribution in [3.05, 3.63) is 161 Å². The summed E-state index contributed by atoms with van der Waals surface area (Å²) in [6.45, 7) is 11.6. The Morgan fingerprint density at radius 2 is 1.24 bits per heavy atom. The summed E-state index contributed by atoms with van der Waals surface area (Å²) in [6, 6.07) is 50.1. The summed E-state index contributed by atoms with van der Waals surface area (Å²) in [7, 11) is 2.20. The van der Waals surface area contributed by atoms with Gasteiger partial charge in [-0.3, -0.25) is 0 Å². The molecule has 2 heteroatoms. The van der Waals surface area contributed by atoms with Crippen molar-refractivity contribution >= 4 is 49.6 Å². The van der Waals surface area contributed by atoms with Gasteiger partial charge in [0.2, 0.25) is 0 Å². The predicted molar refractivity (Wildman–Crippen MR) is 214 cm³/mol. The fraction of sp³-hybridized carbons (Fsp3) is 0.167. The SMILES string of the molecule is CCc1ccccc1-c1c(C)cccc1N(c1cc2c(c3ccccc13)-c1ccc(C)cc1C2(C)C)c1cccc2c1c1ccccc1n2C. The van der Waals surface area contributed by atoms with E-state index in [1.807, 2.05) is 0 Å². The lowest BCUT2D eigenvalue weighted by molar-refractivity contribution is 0.660. The first-order valence-electron chi connectivity index (χ1n) is 17.9. The zero-order valence-corrected chi connectivity index (χ0v) is 29.8. The summed E-state index contributed by atoms with van der Waals surface area (Å²) in [5.74, 6) is 0. The lowest BCUT2D eigenvalue weighted by Gasteiger charge is -2.32. The van der Waals surface area contributed by atoms with Crippen LogP contribution in [0.1, 0.15) is 48.6 Å². The number of anilines is 3. The molecule has 244 valence electrons. The van der Waals surface area contributed by atoms with Crippen LogP contribution in [0.25, 0.3) is 54.8 Å². The Morgan fingerprint density at radius 1 is 0.560 bits per heavy atom. The van der Waals surface area contributed by atoms with Crippen LogP contribution < -0.4 is 4.90 Å². The molecule has 0 unspecified atom stereocenters. The molecule has 1 heterocycles. The van der Waals surface area contributed by atoms with E-state index in [0.717, 1.165) is 6.42 Å². The second-order valence-corrected chi connectivity index (χ2v) is 14.6. The van der Waals surface area contributed by atoms with Crippen LogP contribution in [0.4, 0.5) is 17.1 Å². The first kappa shape index (κ1) is 30.5. The largest absolute Gasteiger partial charge is 0.344 e. The molecule has 2 nitrogen and oxygen atoms in total. The molecule has 0 bridgehead atoms. The van der Waals surface area contributed by atoms with Crippen LogP contribution >= 0.6 is 0 Å². The highest BCUT2D eigenvalue weighted by atomic mass is 15.2. The summed E-state index contributed by atoms with van der Waals surface area (Å²) >= 11 is 0. The molecular formula is C48H42N2. The summed E-state index contributed by atoms with van der Waals surface area (Å²) in [6.07, 6.45) is 0.969. The summed E-state index contributed by atoms with van der Waals surface area (Å²) in [5.41, 5.74) is 17.9. The average Bonchev–Trinajstić information content (AvgIpc) is 3.55. The molecule has 9 rings (SSSR count). The number of aryl methyl sites for hydroxylation is 4. The second-order valence-electron chi connectivity index (χ2n) is 14.6. The number of rotatable bonds is 5. The fourth-order valence-corrected chi connectivity index (χ4v) is 8.89. The van der Waals surface area contributed by atoms with Crippen LogP contribution in [0.3, 0.4) is 0 Å². The number of hydrogen-bond donors (Lipinski definition) is 0. The predicted octanol–water partition coefficient (Wildman–Crippen LogP) is 13.1. The maximum Gasteiger partial charge on any atom is 0.0562 e. The Hall–Kier alpha value is -5.60. The molecule has 50 heavy (non-hydrogen) atoms. The molecule has 0 spiro atoms. The Kier molecular flexibility index (Phi) is 6.83. The van der Waals surface area contributed by atoms with E-state index in [2.05, 4.69) is 185 Å². The van der Waals surface area contributed by atoms with E-state index < -0.39 is 0 Å². The van der Waals surface area contributed by atoms with Crippen LogP contribution in [0.2, 0.25) is 0 Å². The smallest absolute Gasteiger partial charge is 0.0562 e. The molecule has 8 aromatic rings. The van der Waals surface area contributed by atoms with Gasteiger partial charge in [0.25, 0.3) is 0 Å². The Bertz CT molecular complexity index is 2650. The Labute approximate surface area is 295 Å². The average molecular weight is 647 g/mol. The van der Waals surface area contributed by atoms with Crippen LogP contribution in [-0.2, 0) is 18.9 Å². The minimum absolute atomic E-state index is 0.156. The highest BCUT2D eigenvalue weighted by molar-refractivity contribution is 6.18. The maximum absolute atomic E-state index is 2.59. The zero-order valence-electron chi connectivity index (χ0n) is 29.8. The third-order valence-electron chi connectivity index (χ3n) is 11.4. The third kappa shape index (κ3) is 4.27. The number of aromatic nitrogens is 1. The third-order valence-corrected chi connectivity index (χ3v) is 11.4. The van der Waals surface area contributed by atoms with Gasteiger partial charge in [-0.15, -0.1) is 0 Å². The number of nitrogens with zero attached hydrogens (tertiary/aromatic N) is 2. The van der Waals surface area contributed by atoms with Crippen LogP contribution in [0, 0.1) is 13.8 Å². The van der Waals surface area contributed by atoms with E-state index in [1.165, 1.54) is 99.7 Å². The van der Waals surface area contributed by atoms with Crippen molar-refractivity contribution in [1.82, 2.24) is 4.57 Å². The van der Waals surface area contributed by atoms with Gasteiger partial charge < -0.3 is 9.47 Å². The maximum atomic E-state index is 2.59. The van der Waals surface area contributed by atoms with E-state index in [4.69, 9.17) is 0 Å². The second kappa shape index (κ2) is 11.2. The number of fused-ring (bicyclic) bond motifs is 8. The number of benzene rings is 7. The molecular weight excluding hydrogens is 605 g/mol. The van der Waals surface area contributed by atoms with E-state index >= 15 is 0 Å². The minimum Gasteiger partial charge on any atom is -0.344 e. The first-order chi connectivity index (χ1) is 24.3. The van der Waals surface area contributed by atoms with Gasteiger partial charge in [-0.1, -0.05) is 129 Å². The van der Waals surface area contributed by atoms with Gasteiger partial charge in [0.15, 0.2) is 0 Å². The summed E-state index contributed by atoms with van der Waals surface area (Å²) in [4.78, 5) is 2.59. The molecule has 0 saturated carbocycles. The van der Waals surface area contributed by atoms with Crippen LogP contribution in [-0.4, -0.2) is 4.57 Å². The molecule has 7 aromatic carbocycles.